The maximum atomic E-state index is 12.5. The van der Waals surface area contributed by atoms with Crippen LogP contribution >= 0.6 is 11.6 Å². The molecule has 1 fully saturated rings. The van der Waals surface area contributed by atoms with Crippen molar-refractivity contribution in [2.45, 2.75) is 20.3 Å². The van der Waals surface area contributed by atoms with Crippen LogP contribution in [0.5, 0.6) is 0 Å². The summed E-state index contributed by atoms with van der Waals surface area (Å²) < 4.78 is 0. The zero-order valence-corrected chi connectivity index (χ0v) is 15.0. The predicted molar refractivity (Wildman–Crippen MR) is 99.9 cm³/mol. The molecule has 0 unspecified atom stereocenters. The third kappa shape index (κ3) is 3.90. The van der Waals surface area contributed by atoms with E-state index in [1.807, 2.05) is 36.1 Å². The molecule has 2 aromatic rings. The number of hydrogen-bond acceptors (Lipinski definition) is 2. The van der Waals surface area contributed by atoms with E-state index in [1.165, 1.54) is 5.56 Å². The summed E-state index contributed by atoms with van der Waals surface area (Å²) in [6.07, 6.45) is 0.484. The number of anilines is 1. The van der Waals surface area contributed by atoms with Crippen LogP contribution in [0.15, 0.2) is 42.5 Å². The van der Waals surface area contributed by atoms with E-state index in [0.29, 0.717) is 6.42 Å². The van der Waals surface area contributed by atoms with Gasteiger partial charge in [-0.05, 0) is 37.1 Å². The molecule has 126 valence electrons. The summed E-state index contributed by atoms with van der Waals surface area (Å²) in [7, 11) is 0. The van der Waals surface area contributed by atoms with Crippen molar-refractivity contribution < 1.29 is 4.79 Å². The highest BCUT2D eigenvalue weighted by atomic mass is 35.5. The second kappa shape index (κ2) is 7.27. The third-order valence-corrected chi connectivity index (χ3v) is 5.00. The lowest BCUT2D eigenvalue weighted by Gasteiger charge is -2.36. The Kier molecular flexibility index (Phi) is 5.10. The molecule has 1 aliphatic rings. The molecule has 0 aliphatic carbocycles. The lowest BCUT2D eigenvalue weighted by Crippen LogP contribution is -2.49. The Morgan fingerprint density at radius 1 is 1.04 bits per heavy atom. The fraction of sp³-hybridized carbons (Fsp3) is 0.350. The third-order valence-electron chi connectivity index (χ3n) is 4.59. The van der Waals surface area contributed by atoms with Crippen LogP contribution < -0.4 is 4.90 Å². The summed E-state index contributed by atoms with van der Waals surface area (Å²) in [4.78, 5) is 16.8. The van der Waals surface area contributed by atoms with E-state index in [1.54, 1.807) is 0 Å². The van der Waals surface area contributed by atoms with Crippen LogP contribution in [0.2, 0.25) is 5.02 Å². The SMILES string of the molecule is Cc1cccc(CC(=O)N2CCN(c3ccc(C)c(Cl)c3)CC2)c1. The average molecular weight is 343 g/mol. The second-order valence-electron chi connectivity index (χ2n) is 6.47. The van der Waals surface area contributed by atoms with Gasteiger partial charge in [0.1, 0.15) is 0 Å². The van der Waals surface area contributed by atoms with Crippen molar-refractivity contribution >= 4 is 23.2 Å². The number of amides is 1. The first kappa shape index (κ1) is 16.8. The summed E-state index contributed by atoms with van der Waals surface area (Å²) in [5.41, 5.74) is 4.51. The van der Waals surface area contributed by atoms with Gasteiger partial charge in [-0.2, -0.15) is 0 Å². The molecule has 0 aromatic heterocycles. The number of hydrogen-bond donors (Lipinski definition) is 0. The van der Waals surface area contributed by atoms with E-state index in [4.69, 9.17) is 11.6 Å². The first-order valence-electron chi connectivity index (χ1n) is 8.37. The molecule has 1 heterocycles. The molecule has 0 saturated carbocycles. The lowest BCUT2D eigenvalue weighted by atomic mass is 10.1. The highest BCUT2D eigenvalue weighted by molar-refractivity contribution is 6.31. The molecule has 1 aliphatic heterocycles. The van der Waals surface area contributed by atoms with Crippen LogP contribution in [0.25, 0.3) is 0 Å². The second-order valence-corrected chi connectivity index (χ2v) is 6.87. The predicted octanol–water partition coefficient (Wildman–Crippen LogP) is 3.85. The van der Waals surface area contributed by atoms with Gasteiger partial charge in [0, 0.05) is 36.9 Å². The van der Waals surface area contributed by atoms with Gasteiger partial charge in [0.15, 0.2) is 0 Å². The number of carbonyl (C=O) groups excluding carboxylic acids is 1. The molecule has 3 rings (SSSR count). The first-order valence-corrected chi connectivity index (χ1v) is 8.75. The molecule has 1 amide bonds. The fourth-order valence-electron chi connectivity index (χ4n) is 3.10. The normalized spacial score (nSPS) is 14.8. The number of nitrogens with zero attached hydrogens (tertiary/aromatic N) is 2. The molecule has 0 atom stereocenters. The average Bonchev–Trinajstić information content (AvgIpc) is 2.57. The Labute approximate surface area is 148 Å². The quantitative estimate of drug-likeness (QED) is 0.846. The molecule has 3 nitrogen and oxygen atoms in total. The summed E-state index contributed by atoms with van der Waals surface area (Å²) >= 11 is 6.22. The minimum Gasteiger partial charge on any atom is -0.368 e. The van der Waals surface area contributed by atoms with Crippen molar-refractivity contribution in [2.24, 2.45) is 0 Å². The summed E-state index contributed by atoms with van der Waals surface area (Å²) in [5, 5.41) is 0.797. The Balaban J connectivity index is 1.58. The van der Waals surface area contributed by atoms with Gasteiger partial charge in [0.2, 0.25) is 5.91 Å². The number of piperazine rings is 1. The van der Waals surface area contributed by atoms with Crippen molar-refractivity contribution in [1.29, 1.82) is 0 Å². The Bertz CT molecular complexity index is 736. The molecule has 0 radical (unpaired) electrons. The number of rotatable bonds is 3. The van der Waals surface area contributed by atoms with Crippen molar-refractivity contribution in [3.63, 3.8) is 0 Å². The number of carbonyl (C=O) groups is 1. The highest BCUT2D eigenvalue weighted by Gasteiger charge is 2.21. The van der Waals surface area contributed by atoms with Crippen LogP contribution in [0.3, 0.4) is 0 Å². The Morgan fingerprint density at radius 3 is 2.46 bits per heavy atom. The van der Waals surface area contributed by atoms with Gasteiger partial charge < -0.3 is 9.80 Å². The van der Waals surface area contributed by atoms with Gasteiger partial charge in [0.25, 0.3) is 0 Å². The fourth-order valence-corrected chi connectivity index (χ4v) is 3.28. The molecular formula is C20H23ClN2O. The van der Waals surface area contributed by atoms with Crippen molar-refractivity contribution in [3.05, 3.63) is 64.2 Å². The van der Waals surface area contributed by atoms with Crippen LogP contribution in [-0.4, -0.2) is 37.0 Å². The minimum absolute atomic E-state index is 0.210. The lowest BCUT2D eigenvalue weighted by molar-refractivity contribution is -0.130. The van der Waals surface area contributed by atoms with E-state index in [9.17, 15) is 4.79 Å². The summed E-state index contributed by atoms with van der Waals surface area (Å²) in [6, 6.07) is 14.3. The van der Waals surface area contributed by atoms with Gasteiger partial charge in [0.05, 0.1) is 6.42 Å². The largest absolute Gasteiger partial charge is 0.368 e. The summed E-state index contributed by atoms with van der Waals surface area (Å²) in [5.74, 6) is 0.210. The van der Waals surface area contributed by atoms with Gasteiger partial charge in [-0.15, -0.1) is 0 Å². The van der Waals surface area contributed by atoms with E-state index in [-0.39, 0.29) is 5.91 Å². The van der Waals surface area contributed by atoms with E-state index < -0.39 is 0 Å². The van der Waals surface area contributed by atoms with Crippen LogP contribution in [0.1, 0.15) is 16.7 Å². The van der Waals surface area contributed by atoms with Crippen molar-refractivity contribution in [2.75, 3.05) is 31.1 Å². The molecule has 0 bridgehead atoms. The maximum absolute atomic E-state index is 12.5. The molecule has 0 N–H and O–H groups in total. The molecule has 1 saturated heterocycles. The number of halogens is 1. The first-order chi connectivity index (χ1) is 11.5. The maximum Gasteiger partial charge on any atom is 0.227 e. The smallest absolute Gasteiger partial charge is 0.227 e. The van der Waals surface area contributed by atoms with Crippen molar-refractivity contribution in [3.8, 4) is 0 Å². The minimum atomic E-state index is 0.210. The highest BCUT2D eigenvalue weighted by Crippen LogP contribution is 2.24. The summed E-state index contributed by atoms with van der Waals surface area (Å²) in [6.45, 7) is 7.28. The topological polar surface area (TPSA) is 23.6 Å². The van der Waals surface area contributed by atoms with Crippen LogP contribution in [0.4, 0.5) is 5.69 Å². The zero-order chi connectivity index (χ0) is 17.1. The molecule has 4 heteroatoms. The van der Waals surface area contributed by atoms with E-state index >= 15 is 0 Å². The van der Waals surface area contributed by atoms with E-state index in [2.05, 4.69) is 30.0 Å². The van der Waals surface area contributed by atoms with Gasteiger partial charge in [-0.1, -0.05) is 47.5 Å². The molecular weight excluding hydrogens is 320 g/mol. The van der Waals surface area contributed by atoms with E-state index in [0.717, 1.165) is 48.0 Å². The van der Waals surface area contributed by atoms with Gasteiger partial charge in [-0.3, -0.25) is 4.79 Å². The Hall–Kier alpha value is -2.00. The van der Waals surface area contributed by atoms with Gasteiger partial charge in [-0.25, -0.2) is 0 Å². The Morgan fingerprint density at radius 2 is 1.79 bits per heavy atom. The van der Waals surface area contributed by atoms with Crippen molar-refractivity contribution in [1.82, 2.24) is 4.90 Å². The monoisotopic (exact) mass is 342 g/mol. The number of aryl methyl sites for hydroxylation is 2. The standard InChI is InChI=1S/C20H23ClN2O/c1-15-4-3-5-17(12-15)13-20(24)23-10-8-22(9-11-23)18-7-6-16(2)19(21)14-18/h3-7,12,14H,8-11,13H2,1-2H3. The van der Waals surface area contributed by atoms with Crippen LogP contribution in [-0.2, 0) is 11.2 Å². The van der Waals surface area contributed by atoms with Gasteiger partial charge >= 0.3 is 0 Å². The number of benzene rings is 2. The molecule has 2 aromatic carbocycles. The zero-order valence-electron chi connectivity index (χ0n) is 14.3. The van der Waals surface area contributed by atoms with Crippen LogP contribution in [0, 0.1) is 13.8 Å². The molecule has 0 spiro atoms. The molecule has 24 heavy (non-hydrogen) atoms.